The van der Waals surface area contributed by atoms with Crippen LogP contribution in [0.4, 0.5) is 5.69 Å². The highest BCUT2D eigenvalue weighted by atomic mass is 14.9. The molecule has 1 aliphatic rings. The minimum atomic E-state index is 1.11. The highest BCUT2D eigenvalue weighted by Crippen LogP contribution is 2.19. The van der Waals surface area contributed by atoms with Gasteiger partial charge in [-0.3, -0.25) is 0 Å². The molecule has 0 saturated carbocycles. The van der Waals surface area contributed by atoms with E-state index in [0.717, 1.165) is 13.8 Å². The fourth-order valence-electron chi connectivity index (χ4n) is 1.58. The van der Waals surface area contributed by atoms with E-state index in [1.165, 1.54) is 23.1 Å². The number of hydrogen-bond donors (Lipinski definition) is 1. The number of anilines is 1. The Hall–Kier alpha value is -0.915. The zero-order chi connectivity index (χ0) is 7.68. The maximum Gasteiger partial charge on any atom is 0.154 e. The van der Waals surface area contributed by atoms with Crippen molar-refractivity contribution in [1.29, 1.82) is 0 Å². The fraction of sp³-hybridized carbons (Fsp3) is 0.333. The molecule has 0 unspecified atom stereocenters. The third kappa shape index (κ3) is 1.13. The molecule has 2 heteroatoms. The maximum absolute atomic E-state index is 3.35. The van der Waals surface area contributed by atoms with Crippen molar-refractivity contribution < 1.29 is 0 Å². The lowest BCUT2D eigenvalue weighted by molar-refractivity contribution is 1.11. The molecule has 1 aromatic rings. The molecule has 0 spiro atoms. The quantitative estimate of drug-likeness (QED) is 0.575. The summed E-state index contributed by atoms with van der Waals surface area (Å²) in [7, 11) is 1.15. The van der Waals surface area contributed by atoms with E-state index in [1.807, 2.05) is 0 Å². The molecule has 1 N–H and O–H groups in total. The molecule has 0 saturated heterocycles. The van der Waals surface area contributed by atoms with Crippen molar-refractivity contribution in [2.24, 2.45) is 0 Å². The molecule has 1 heterocycles. The number of benzene rings is 1. The molecule has 0 aliphatic carbocycles. The summed E-state index contributed by atoms with van der Waals surface area (Å²) in [6.07, 6.45) is 1.20. The van der Waals surface area contributed by atoms with Gasteiger partial charge >= 0.3 is 0 Å². The van der Waals surface area contributed by atoms with Crippen LogP contribution in [-0.4, -0.2) is 13.8 Å². The van der Waals surface area contributed by atoms with E-state index in [1.54, 1.807) is 0 Å². The Morgan fingerprint density at radius 1 is 1.45 bits per heavy atom. The predicted octanol–water partition coefficient (Wildman–Crippen LogP) is 0.764. The lowest BCUT2D eigenvalue weighted by Crippen LogP contribution is -2.09. The normalized spacial score (nSPS) is 13.9. The average Bonchev–Trinajstić information content (AvgIpc) is 2.50. The maximum atomic E-state index is 3.35. The molecular formula is C9H12BN. The summed E-state index contributed by atoms with van der Waals surface area (Å²) < 4.78 is 0. The Kier molecular flexibility index (Phi) is 1.61. The summed E-state index contributed by atoms with van der Waals surface area (Å²) in [6.45, 7) is 3.31. The summed E-state index contributed by atoms with van der Waals surface area (Å²) in [5, 5.41) is 3.35. The van der Waals surface area contributed by atoms with Gasteiger partial charge in [0.05, 0.1) is 0 Å². The standard InChI is InChI=1S/C9H12BN/c1-10-8-2-3-9-7(6-8)4-5-11-9/h2-3,6,10-11H,4-5H2,1H3. The summed E-state index contributed by atoms with van der Waals surface area (Å²) in [4.78, 5) is 0. The summed E-state index contributed by atoms with van der Waals surface area (Å²) in [6, 6.07) is 6.72. The average molecular weight is 145 g/mol. The summed E-state index contributed by atoms with van der Waals surface area (Å²) in [5.41, 5.74) is 4.28. The van der Waals surface area contributed by atoms with Gasteiger partial charge in [-0.2, -0.15) is 0 Å². The van der Waals surface area contributed by atoms with Gasteiger partial charge in [-0.15, -0.1) is 0 Å². The number of hydrogen-bond acceptors (Lipinski definition) is 1. The van der Waals surface area contributed by atoms with E-state index in [2.05, 4.69) is 30.3 Å². The van der Waals surface area contributed by atoms with Crippen molar-refractivity contribution in [2.45, 2.75) is 13.2 Å². The van der Waals surface area contributed by atoms with Crippen LogP contribution in [0.2, 0.25) is 6.82 Å². The molecule has 1 aliphatic heterocycles. The molecule has 1 nitrogen and oxygen atoms in total. The van der Waals surface area contributed by atoms with E-state index in [9.17, 15) is 0 Å². The van der Waals surface area contributed by atoms with Crippen molar-refractivity contribution in [3.63, 3.8) is 0 Å². The molecule has 2 rings (SSSR count). The van der Waals surface area contributed by atoms with Gasteiger partial charge in [0, 0.05) is 12.2 Å². The third-order valence-electron chi connectivity index (χ3n) is 2.29. The second kappa shape index (κ2) is 2.61. The van der Waals surface area contributed by atoms with Gasteiger partial charge < -0.3 is 5.32 Å². The fourth-order valence-corrected chi connectivity index (χ4v) is 1.58. The van der Waals surface area contributed by atoms with Crippen molar-refractivity contribution >= 4 is 18.4 Å². The molecule has 11 heavy (non-hydrogen) atoms. The van der Waals surface area contributed by atoms with Crippen LogP contribution in [-0.2, 0) is 6.42 Å². The highest BCUT2D eigenvalue weighted by molar-refractivity contribution is 6.51. The molecule has 0 fully saturated rings. The Morgan fingerprint density at radius 3 is 3.18 bits per heavy atom. The first kappa shape index (κ1) is 6.77. The van der Waals surface area contributed by atoms with Crippen LogP contribution in [0.1, 0.15) is 5.56 Å². The van der Waals surface area contributed by atoms with Crippen LogP contribution >= 0.6 is 0 Å². The molecule has 0 atom stereocenters. The largest absolute Gasteiger partial charge is 0.384 e. The Labute approximate surface area is 68.1 Å². The van der Waals surface area contributed by atoms with Gasteiger partial charge in [-0.1, -0.05) is 24.4 Å². The van der Waals surface area contributed by atoms with Crippen LogP contribution in [0, 0.1) is 0 Å². The zero-order valence-electron chi connectivity index (χ0n) is 6.85. The molecule has 0 bridgehead atoms. The van der Waals surface area contributed by atoms with E-state index in [-0.39, 0.29) is 0 Å². The number of rotatable bonds is 1. The minimum Gasteiger partial charge on any atom is -0.384 e. The van der Waals surface area contributed by atoms with Crippen molar-refractivity contribution in [2.75, 3.05) is 11.9 Å². The smallest absolute Gasteiger partial charge is 0.154 e. The Balaban J connectivity index is 2.41. The van der Waals surface area contributed by atoms with E-state index >= 15 is 0 Å². The topological polar surface area (TPSA) is 12.0 Å². The van der Waals surface area contributed by atoms with Crippen LogP contribution in [0.15, 0.2) is 18.2 Å². The number of nitrogens with one attached hydrogen (secondary N) is 1. The highest BCUT2D eigenvalue weighted by Gasteiger charge is 2.08. The predicted molar refractivity (Wildman–Crippen MR) is 51.3 cm³/mol. The molecular weight excluding hydrogens is 133 g/mol. The molecule has 56 valence electrons. The van der Waals surface area contributed by atoms with Crippen LogP contribution in [0.5, 0.6) is 0 Å². The first-order valence-corrected chi connectivity index (χ1v) is 4.26. The second-order valence-electron chi connectivity index (χ2n) is 3.02. The summed E-state index contributed by atoms with van der Waals surface area (Å²) >= 11 is 0. The van der Waals surface area contributed by atoms with Gasteiger partial charge in [0.1, 0.15) is 0 Å². The van der Waals surface area contributed by atoms with Gasteiger partial charge in [0.2, 0.25) is 0 Å². The Morgan fingerprint density at radius 2 is 2.36 bits per heavy atom. The summed E-state index contributed by atoms with van der Waals surface area (Å²) in [5.74, 6) is 0. The number of fused-ring (bicyclic) bond motifs is 1. The van der Waals surface area contributed by atoms with E-state index < -0.39 is 0 Å². The van der Waals surface area contributed by atoms with Crippen LogP contribution in [0.25, 0.3) is 0 Å². The van der Waals surface area contributed by atoms with Crippen LogP contribution in [0.3, 0.4) is 0 Å². The van der Waals surface area contributed by atoms with E-state index in [0.29, 0.717) is 0 Å². The van der Waals surface area contributed by atoms with Crippen LogP contribution < -0.4 is 10.8 Å². The van der Waals surface area contributed by atoms with E-state index in [4.69, 9.17) is 0 Å². The van der Waals surface area contributed by atoms with Crippen molar-refractivity contribution in [3.05, 3.63) is 23.8 Å². The van der Waals surface area contributed by atoms with Gasteiger partial charge in [0.25, 0.3) is 0 Å². The van der Waals surface area contributed by atoms with Crippen molar-refractivity contribution in [3.8, 4) is 0 Å². The SMILES string of the molecule is CBc1ccc2c(c1)CCN2. The second-order valence-corrected chi connectivity index (χ2v) is 3.02. The van der Waals surface area contributed by atoms with Gasteiger partial charge in [-0.25, -0.2) is 0 Å². The van der Waals surface area contributed by atoms with Crippen molar-refractivity contribution in [1.82, 2.24) is 0 Å². The molecule has 0 amide bonds. The van der Waals surface area contributed by atoms with Gasteiger partial charge in [0.15, 0.2) is 7.28 Å². The Bertz CT molecular complexity index is 270. The monoisotopic (exact) mass is 145 g/mol. The lowest BCUT2D eigenvalue weighted by atomic mass is 9.73. The zero-order valence-corrected chi connectivity index (χ0v) is 6.85. The molecule has 1 aromatic carbocycles. The van der Waals surface area contributed by atoms with Gasteiger partial charge in [-0.05, 0) is 18.1 Å². The minimum absolute atomic E-state index is 1.11. The first-order chi connectivity index (χ1) is 5.40. The molecule has 0 aromatic heterocycles. The first-order valence-electron chi connectivity index (χ1n) is 4.26. The molecule has 0 radical (unpaired) electrons. The lowest BCUT2D eigenvalue weighted by Gasteiger charge is -2.00. The third-order valence-corrected chi connectivity index (χ3v) is 2.29.